The molecule has 0 saturated heterocycles. The second-order valence-electron chi connectivity index (χ2n) is 3.73. The van der Waals surface area contributed by atoms with Gasteiger partial charge in [-0.1, -0.05) is 26.0 Å². The third-order valence-electron chi connectivity index (χ3n) is 2.10. The Kier molecular flexibility index (Phi) is 1.50. The van der Waals surface area contributed by atoms with Gasteiger partial charge in [0.15, 0.2) is 6.73 Å². The highest BCUT2D eigenvalue weighted by molar-refractivity contribution is 5.35. The molecule has 0 fully saturated rings. The SMILES string of the molecule is CC1(C)C=CC2=C(C=C1)OCN2. The summed E-state index contributed by atoms with van der Waals surface area (Å²) in [6.07, 6.45) is 8.45. The summed E-state index contributed by atoms with van der Waals surface area (Å²) in [4.78, 5) is 0. The van der Waals surface area contributed by atoms with Crippen LogP contribution in [0.2, 0.25) is 0 Å². The average Bonchev–Trinajstić information content (AvgIpc) is 2.40. The van der Waals surface area contributed by atoms with Gasteiger partial charge in [0.1, 0.15) is 5.76 Å². The lowest BCUT2D eigenvalue weighted by Crippen LogP contribution is -2.07. The maximum absolute atomic E-state index is 5.36. The van der Waals surface area contributed by atoms with Gasteiger partial charge in [-0.3, -0.25) is 0 Å². The lowest BCUT2D eigenvalue weighted by Gasteiger charge is -2.12. The highest BCUT2D eigenvalue weighted by Crippen LogP contribution is 2.26. The Bertz CT molecular complexity index is 258. The zero-order valence-electron chi connectivity index (χ0n) is 7.42. The van der Waals surface area contributed by atoms with Crippen LogP contribution in [-0.2, 0) is 4.74 Å². The molecule has 64 valence electrons. The third-order valence-corrected chi connectivity index (χ3v) is 2.10. The first-order chi connectivity index (χ1) is 5.67. The normalized spacial score (nSPS) is 24.5. The Morgan fingerprint density at radius 2 is 2.08 bits per heavy atom. The molecule has 2 aliphatic rings. The summed E-state index contributed by atoms with van der Waals surface area (Å²) in [6.45, 7) is 4.93. The van der Waals surface area contributed by atoms with E-state index in [0.29, 0.717) is 6.73 Å². The van der Waals surface area contributed by atoms with Crippen LogP contribution in [0, 0.1) is 5.41 Å². The van der Waals surface area contributed by atoms with Crippen LogP contribution >= 0.6 is 0 Å². The van der Waals surface area contributed by atoms with Crippen molar-refractivity contribution >= 4 is 0 Å². The zero-order valence-corrected chi connectivity index (χ0v) is 7.42. The summed E-state index contributed by atoms with van der Waals surface area (Å²) in [5.74, 6) is 0.955. The van der Waals surface area contributed by atoms with E-state index in [1.165, 1.54) is 0 Å². The molecule has 2 heteroatoms. The van der Waals surface area contributed by atoms with Crippen molar-refractivity contribution in [1.29, 1.82) is 0 Å². The van der Waals surface area contributed by atoms with E-state index in [4.69, 9.17) is 4.74 Å². The van der Waals surface area contributed by atoms with Gasteiger partial charge in [0.05, 0.1) is 5.70 Å². The minimum Gasteiger partial charge on any atom is -0.471 e. The predicted octanol–water partition coefficient (Wildman–Crippen LogP) is 1.93. The molecule has 0 atom stereocenters. The standard InChI is InChI=1S/C10H13NO/c1-10(2)5-3-8-9(4-6-10)12-7-11-8/h3-6,11H,7H2,1-2H3. The topological polar surface area (TPSA) is 21.3 Å². The third kappa shape index (κ3) is 1.24. The largest absolute Gasteiger partial charge is 0.471 e. The molecule has 2 nitrogen and oxygen atoms in total. The van der Waals surface area contributed by atoms with E-state index in [1.807, 2.05) is 6.08 Å². The van der Waals surface area contributed by atoms with Crippen molar-refractivity contribution in [2.24, 2.45) is 5.41 Å². The molecule has 0 radical (unpaired) electrons. The molecule has 1 aliphatic carbocycles. The van der Waals surface area contributed by atoms with Crippen molar-refractivity contribution in [2.45, 2.75) is 13.8 Å². The minimum absolute atomic E-state index is 0.134. The van der Waals surface area contributed by atoms with Crippen LogP contribution in [0.1, 0.15) is 13.8 Å². The number of hydrogen-bond donors (Lipinski definition) is 1. The maximum Gasteiger partial charge on any atom is 0.159 e. The van der Waals surface area contributed by atoms with Gasteiger partial charge in [-0.25, -0.2) is 0 Å². The first kappa shape index (κ1) is 7.47. The Hall–Kier alpha value is -1.18. The Balaban J connectivity index is 2.34. The molecule has 0 saturated carbocycles. The summed E-state index contributed by atoms with van der Waals surface area (Å²) in [5.41, 5.74) is 1.23. The second-order valence-corrected chi connectivity index (χ2v) is 3.73. The van der Waals surface area contributed by atoms with Gasteiger partial charge in [-0.2, -0.15) is 0 Å². The first-order valence-electron chi connectivity index (χ1n) is 4.17. The monoisotopic (exact) mass is 163 g/mol. The van der Waals surface area contributed by atoms with Gasteiger partial charge in [-0.05, 0) is 12.2 Å². The number of rotatable bonds is 0. The van der Waals surface area contributed by atoms with Crippen molar-refractivity contribution in [3.05, 3.63) is 35.8 Å². The molecule has 0 aromatic carbocycles. The number of hydrogen-bond acceptors (Lipinski definition) is 2. The molecule has 1 aliphatic heterocycles. The quantitative estimate of drug-likeness (QED) is 0.589. The lowest BCUT2D eigenvalue weighted by atomic mass is 9.93. The molecule has 1 N–H and O–H groups in total. The molecule has 2 rings (SSSR count). The van der Waals surface area contributed by atoms with Crippen molar-refractivity contribution in [3.8, 4) is 0 Å². The van der Waals surface area contributed by atoms with Gasteiger partial charge >= 0.3 is 0 Å². The number of ether oxygens (including phenoxy) is 1. The smallest absolute Gasteiger partial charge is 0.159 e. The van der Waals surface area contributed by atoms with Crippen LogP contribution < -0.4 is 5.32 Å². The van der Waals surface area contributed by atoms with Crippen LogP contribution in [-0.4, -0.2) is 6.73 Å². The fourth-order valence-electron chi connectivity index (χ4n) is 1.28. The van der Waals surface area contributed by atoms with E-state index in [0.717, 1.165) is 11.5 Å². The highest BCUT2D eigenvalue weighted by atomic mass is 16.5. The Morgan fingerprint density at radius 1 is 1.33 bits per heavy atom. The highest BCUT2D eigenvalue weighted by Gasteiger charge is 2.17. The minimum atomic E-state index is 0.134. The van der Waals surface area contributed by atoms with Crippen molar-refractivity contribution in [2.75, 3.05) is 6.73 Å². The van der Waals surface area contributed by atoms with E-state index < -0.39 is 0 Å². The molecule has 0 aromatic heterocycles. The van der Waals surface area contributed by atoms with Gasteiger partial charge in [0.2, 0.25) is 0 Å². The average molecular weight is 163 g/mol. The lowest BCUT2D eigenvalue weighted by molar-refractivity contribution is 0.243. The molecule has 0 unspecified atom stereocenters. The van der Waals surface area contributed by atoms with E-state index >= 15 is 0 Å². The summed E-state index contributed by atoms with van der Waals surface area (Å²) in [7, 11) is 0. The molecule has 12 heavy (non-hydrogen) atoms. The van der Waals surface area contributed by atoms with E-state index in [1.54, 1.807) is 0 Å². The van der Waals surface area contributed by atoms with Crippen LogP contribution in [0.3, 0.4) is 0 Å². The fraction of sp³-hybridized carbons (Fsp3) is 0.400. The Labute approximate surface area is 72.6 Å². The molecule has 0 spiro atoms. The van der Waals surface area contributed by atoms with Gasteiger partial charge in [-0.15, -0.1) is 0 Å². The van der Waals surface area contributed by atoms with Crippen LogP contribution in [0.25, 0.3) is 0 Å². The number of allylic oxidation sites excluding steroid dienone is 4. The summed E-state index contributed by atoms with van der Waals surface area (Å²) < 4.78 is 5.36. The van der Waals surface area contributed by atoms with Crippen molar-refractivity contribution < 1.29 is 4.74 Å². The van der Waals surface area contributed by atoms with Gasteiger partial charge in [0, 0.05) is 5.41 Å². The van der Waals surface area contributed by atoms with Gasteiger partial charge < -0.3 is 10.1 Å². The number of nitrogens with one attached hydrogen (secondary N) is 1. The van der Waals surface area contributed by atoms with E-state index in [-0.39, 0.29) is 5.41 Å². The molecule has 1 heterocycles. The van der Waals surface area contributed by atoms with Crippen molar-refractivity contribution in [3.63, 3.8) is 0 Å². The molecule has 0 bridgehead atoms. The van der Waals surface area contributed by atoms with Crippen molar-refractivity contribution in [1.82, 2.24) is 5.32 Å². The molecular weight excluding hydrogens is 150 g/mol. The van der Waals surface area contributed by atoms with Crippen LogP contribution in [0.15, 0.2) is 35.8 Å². The van der Waals surface area contributed by atoms with Gasteiger partial charge in [0.25, 0.3) is 0 Å². The summed E-state index contributed by atoms with van der Waals surface area (Å²) in [6, 6.07) is 0. The summed E-state index contributed by atoms with van der Waals surface area (Å²) in [5, 5.41) is 3.16. The summed E-state index contributed by atoms with van der Waals surface area (Å²) >= 11 is 0. The second kappa shape index (κ2) is 2.41. The predicted molar refractivity (Wildman–Crippen MR) is 48.2 cm³/mol. The van der Waals surface area contributed by atoms with Crippen LogP contribution in [0.4, 0.5) is 0 Å². The molecular formula is C10H13NO. The van der Waals surface area contributed by atoms with E-state index in [9.17, 15) is 0 Å². The zero-order chi connectivity index (χ0) is 8.60. The fourth-order valence-corrected chi connectivity index (χ4v) is 1.28. The van der Waals surface area contributed by atoms with E-state index in [2.05, 4.69) is 37.4 Å². The maximum atomic E-state index is 5.36. The van der Waals surface area contributed by atoms with Crippen LogP contribution in [0.5, 0.6) is 0 Å². The Morgan fingerprint density at radius 3 is 2.92 bits per heavy atom. The first-order valence-corrected chi connectivity index (χ1v) is 4.17. The molecule has 0 aromatic rings. The molecule has 0 amide bonds.